The molecule has 0 N–H and O–H groups in total. The van der Waals surface area contributed by atoms with Crippen molar-refractivity contribution in [1.82, 2.24) is 4.90 Å². The van der Waals surface area contributed by atoms with E-state index < -0.39 is 0 Å². The molecule has 0 radical (unpaired) electrons. The molecule has 0 saturated heterocycles. The van der Waals surface area contributed by atoms with E-state index in [1.54, 1.807) is 11.9 Å². The minimum absolute atomic E-state index is 0.0475. The fraction of sp³-hybridized carbons (Fsp3) is 0.462. The van der Waals surface area contributed by atoms with Crippen molar-refractivity contribution >= 4 is 5.91 Å². The molecular formula is C13H18FNO. The van der Waals surface area contributed by atoms with Gasteiger partial charge in [0.2, 0.25) is 0 Å². The van der Waals surface area contributed by atoms with Gasteiger partial charge >= 0.3 is 0 Å². The molecular weight excluding hydrogens is 205 g/mol. The molecule has 16 heavy (non-hydrogen) atoms. The predicted octanol–water partition coefficient (Wildman–Crippen LogP) is 3.09. The van der Waals surface area contributed by atoms with Gasteiger partial charge in [-0.05, 0) is 37.1 Å². The number of halogens is 1. The molecule has 0 unspecified atom stereocenters. The van der Waals surface area contributed by atoms with E-state index in [2.05, 4.69) is 13.8 Å². The van der Waals surface area contributed by atoms with Crippen LogP contribution in [-0.2, 0) is 0 Å². The van der Waals surface area contributed by atoms with E-state index in [4.69, 9.17) is 0 Å². The van der Waals surface area contributed by atoms with E-state index in [9.17, 15) is 9.18 Å². The van der Waals surface area contributed by atoms with Gasteiger partial charge in [-0.25, -0.2) is 4.39 Å². The minimum Gasteiger partial charge on any atom is -0.339 e. The van der Waals surface area contributed by atoms with Crippen molar-refractivity contribution in [3.63, 3.8) is 0 Å². The molecule has 0 saturated carbocycles. The molecule has 1 aromatic carbocycles. The van der Waals surface area contributed by atoms with Gasteiger partial charge in [0.25, 0.3) is 5.91 Å². The molecule has 0 aromatic heterocycles. The lowest BCUT2D eigenvalue weighted by molar-refractivity contribution is 0.0723. The van der Waals surface area contributed by atoms with Gasteiger partial charge < -0.3 is 4.90 Å². The third-order valence-corrected chi connectivity index (χ3v) is 2.90. The van der Waals surface area contributed by atoms with Crippen molar-refractivity contribution in [1.29, 1.82) is 0 Å². The summed E-state index contributed by atoms with van der Waals surface area (Å²) in [7, 11) is 1.79. The molecule has 0 spiro atoms. The van der Waals surface area contributed by atoms with Gasteiger partial charge in [-0.3, -0.25) is 4.79 Å². The molecule has 1 aromatic rings. The number of rotatable bonds is 4. The third-order valence-electron chi connectivity index (χ3n) is 2.90. The summed E-state index contributed by atoms with van der Waals surface area (Å²) in [6.07, 6.45) is 1.86. The second-order valence-corrected chi connectivity index (χ2v) is 3.89. The first-order valence-corrected chi connectivity index (χ1v) is 5.62. The largest absolute Gasteiger partial charge is 0.339 e. The summed E-state index contributed by atoms with van der Waals surface area (Å²) in [5.41, 5.74) is 0.538. The van der Waals surface area contributed by atoms with E-state index in [0.717, 1.165) is 12.8 Å². The molecule has 0 aliphatic rings. The van der Waals surface area contributed by atoms with Crippen molar-refractivity contribution in [2.75, 3.05) is 7.05 Å². The van der Waals surface area contributed by atoms with Crippen molar-refractivity contribution < 1.29 is 9.18 Å². The normalized spacial score (nSPS) is 10.6. The first-order chi connectivity index (χ1) is 7.60. The van der Waals surface area contributed by atoms with Crippen molar-refractivity contribution in [2.45, 2.75) is 32.7 Å². The lowest BCUT2D eigenvalue weighted by Gasteiger charge is -2.26. The van der Waals surface area contributed by atoms with Crippen LogP contribution in [0.25, 0.3) is 0 Å². The summed E-state index contributed by atoms with van der Waals surface area (Å²) in [4.78, 5) is 13.7. The van der Waals surface area contributed by atoms with Gasteiger partial charge in [0.05, 0.1) is 0 Å². The van der Waals surface area contributed by atoms with Crippen LogP contribution in [0.3, 0.4) is 0 Å². The zero-order chi connectivity index (χ0) is 12.1. The number of carbonyl (C=O) groups is 1. The maximum Gasteiger partial charge on any atom is 0.253 e. The number of carbonyl (C=O) groups excluding carboxylic acids is 1. The maximum atomic E-state index is 12.7. The van der Waals surface area contributed by atoms with E-state index in [1.807, 2.05) is 0 Å². The van der Waals surface area contributed by atoms with Crippen LogP contribution in [0.5, 0.6) is 0 Å². The van der Waals surface area contributed by atoms with Crippen LogP contribution in [0.15, 0.2) is 24.3 Å². The molecule has 0 fully saturated rings. The molecule has 88 valence electrons. The van der Waals surface area contributed by atoms with Crippen LogP contribution in [0, 0.1) is 5.82 Å². The monoisotopic (exact) mass is 223 g/mol. The average molecular weight is 223 g/mol. The smallest absolute Gasteiger partial charge is 0.253 e. The van der Waals surface area contributed by atoms with Crippen LogP contribution in [-0.4, -0.2) is 23.9 Å². The van der Waals surface area contributed by atoms with Crippen LogP contribution in [0.4, 0.5) is 4.39 Å². The number of benzene rings is 1. The summed E-state index contributed by atoms with van der Waals surface area (Å²) >= 11 is 0. The van der Waals surface area contributed by atoms with Gasteiger partial charge in [-0.1, -0.05) is 13.8 Å². The van der Waals surface area contributed by atoms with Gasteiger partial charge in [-0.2, -0.15) is 0 Å². The Labute approximate surface area is 96.1 Å². The Kier molecular flexibility index (Phi) is 4.47. The Balaban J connectivity index is 2.81. The van der Waals surface area contributed by atoms with E-state index in [-0.39, 0.29) is 17.8 Å². The second kappa shape index (κ2) is 5.64. The summed E-state index contributed by atoms with van der Waals surface area (Å²) in [5, 5.41) is 0. The number of hydrogen-bond acceptors (Lipinski definition) is 1. The lowest BCUT2D eigenvalue weighted by atomic mass is 10.1. The zero-order valence-corrected chi connectivity index (χ0v) is 10.0. The average Bonchev–Trinajstić information content (AvgIpc) is 2.30. The fourth-order valence-electron chi connectivity index (χ4n) is 1.80. The van der Waals surface area contributed by atoms with E-state index in [0.29, 0.717) is 5.56 Å². The standard InChI is InChI=1S/C13H18FNO/c1-4-12(5-2)15(3)13(16)10-6-8-11(14)9-7-10/h6-9,12H,4-5H2,1-3H3. The quantitative estimate of drug-likeness (QED) is 0.768. The number of hydrogen-bond donors (Lipinski definition) is 0. The Bertz CT molecular complexity index is 343. The SMILES string of the molecule is CCC(CC)N(C)C(=O)c1ccc(F)cc1. The highest BCUT2D eigenvalue weighted by Gasteiger charge is 2.17. The Morgan fingerprint density at radius 3 is 2.19 bits per heavy atom. The summed E-state index contributed by atoms with van der Waals surface area (Å²) in [6.45, 7) is 4.12. The summed E-state index contributed by atoms with van der Waals surface area (Å²) in [6, 6.07) is 5.92. The Morgan fingerprint density at radius 2 is 1.75 bits per heavy atom. The predicted molar refractivity (Wildman–Crippen MR) is 62.9 cm³/mol. The first kappa shape index (κ1) is 12.7. The van der Waals surface area contributed by atoms with Crippen LogP contribution >= 0.6 is 0 Å². The highest BCUT2D eigenvalue weighted by Crippen LogP contribution is 2.12. The molecule has 1 amide bonds. The molecule has 0 heterocycles. The lowest BCUT2D eigenvalue weighted by Crippen LogP contribution is -2.36. The van der Waals surface area contributed by atoms with Crippen molar-refractivity contribution in [3.05, 3.63) is 35.6 Å². The second-order valence-electron chi connectivity index (χ2n) is 3.89. The molecule has 1 rings (SSSR count). The van der Waals surface area contributed by atoms with E-state index >= 15 is 0 Å². The Hall–Kier alpha value is -1.38. The third kappa shape index (κ3) is 2.81. The zero-order valence-electron chi connectivity index (χ0n) is 10.0. The molecule has 0 aliphatic heterocycles. The highest BCUT2D eigenvalue weighted by atomic mass is 19.1. The highest BCUT2D eigenvalue weighted by molar-refractivity contribution is 5.94. The summed E-state index contributed by atoms with van der Waals surface area (Å²) in [5.74, 6) is -0.365. The minimum atomic E-state index is -0.318. The summed E-state index contributed by atoms with van der Waals surface area (Å²) < 4.78 is 12.7. The van der Waals surface area contributed by atoms with Crippen LogP contribution < -0.4 is 0 Å². The molecule has 3 heteroatoms. The molecule has 0 atom stereocenters. The van der Waals surface area contributed by atoms with Crippen molar-refractivity contribution in [2.24, 2.45) is 0 Å². The molecule has 0 aliphatic carbocycles. The van der Waals surface area contributed by atoms with Crippen molar-refractivity contribution in [3.8, 4) is 0 Å². The number of amides is 1. The first-order valence-electron chi connectivity index (χ1n) is 5.62. The van der Waals surface area contributed by atoms with E-state index in [1.165, 1.54) is 24.3 Å². The van der Waals surface area contributed by atoms with Gasteiger partial charge in [0.1, 0.15) is 5.82 Å². The molecule has 0 bridgehead atoms. The molecule has 2 nitrogen and oxygen atoms in total. The van der Waals surface area contributed by atoms with Crippen LogP contribution in [0.1, 0.15) is 37.0 Å². The fourth-order valence-corrected chi connectivity index (χ4v) is 1.80. The van der Waals surface area contributed by atoms with Crippen LogP contribution in [0.2, 0.25) is 0 Å². The maximum absolute atomic E-state index is 12.7. The Morgan fingerprint density at radius 1 is 1.25 bits per heavy atom. The van der Waals surface area contributed by atoms with Gasteiger partial charge in [-0.15, -0.1) is 0 Å². The van der Waals surface area contributed by atoms with Gasteiger partial charge in [0.15, 0.2) is 0 Å². The van der Waals surface area contributed by atoms with Gasteiger partial charge in [0, 0.05) is 18.7 Å². The topological polar surface area (TPSA) is 20.3 Å². The number of nitrogens with zero attached hydrogens (tertiary/aromatic N) is 1.